The molecule has 0 aliphatic heterocycles. The smallest absolute Gasteiger partial charge is 0.197 e. The molecule has 2 rings (SSSR count). The molecule has 0 bridgehead atoms. The SMILES string of the molecule is COc1ccc(C)cc1C(=O)c1ccc(F)cc1C. The molecule has 0 aliphatic carbocycles. The van der Waals surface area contributed by atoms with Gasteiger partial charge in [-0.3, -0.25) is 4.79 Å². The molecule has 3 heteroatoms. The number of carbonyl (C=O) groups is 1. The molecule has 0 unspecified atom stereocenters. The van der Waals surface area contributed by atoms with E-state index in [0.29, 0.717) is 22.4 Å². The van der Waals surface area contributed by atoms with Crippen LogP contribution in [0.4, 0.5) is 4.39 Å². The predicted molar refractivity (Wildman–Crippen MR) is 72.3 cm³/mol. The topological polar surface area (TPSA) is 26.3 Å². The van der Waals surface area contributed by atoms with Crippen LogP contribution in [0, 0.1) is 19.7 Å². The minimum absolute atomic E-state index is 0.155. The van der Waals surface area contributed by atoms with Gasteiger partial charge in [-0.25, -0.2) is 4.39 Å². The number of benzene rings is 2. The van der Waals surface area contributed by atoms with E-state index in [9.17, 15) is 9.18 Å². The monoisotopic (exact) mass is 258 g/mol. The van der Waals surface area contributed by atoms with Gasteiger partial charge >= 0.3 is 0 Å². The third kappa shape index (κ3) is 2.65. The summed E-state index contributed by atoms with van der Waals surface area (Å²) in [6.45, 7) is 3.63. The van der Waals surface area contributed by atoms with Crippen LogP contribution < -0.4 is 4.74 Å². The summed E-state index contributed by atoms with van der Waals surface area (Å²) in [4.78, 5) is 12.5. The van der Waals surface area contributed by atoms with Gasteiger partial charge < -0.3 is 4.74 Å². The molecule has 0 atom stereocenters. The first-order chi connectivity index (χ1) is 9.02. The molecule has 0 N–H and O–H groups in total. The van der Waals surface area contributed by atoms with E-state index >= 15 is 0 Å². The molecule has 2 nitrogen and oxygen atoms in total. The van der Waals surface area contributed by atoms with Gasteiger partial charge in [0.1, 0.15) is 11.6 Å². The minimum Gasteiger partial charge on any atom is -0.496 e. The Balaban J connectivity index is 2.52. The molecule has 0 saturated carbocycles. The van der Waals surface area contributed by atoms with E-state index in [1.807, 2.05) is 13.0 Å². The Morgan fingerprint density at radius 2 is 1.79 bits per heavy atom. The van der Waals surface area contributed by atoms with Crippen molar-refractivity contribution in [3.05, 3.63) is 64.5 Å². The van der Waals surface area contributed by atoms with E-state index in [4.69, 9.17) is 4.74 Å². The molecule has 0 aliphatic rings. The summed E-state index contributed by atoms with van der Waals surface area (Å²) in [6.07, 6.45) is 0. The van der Waals surface area contributed by atoms with Gasteiger partial charge in [0.15, 0.2) is 5.78 Å². The number of methoxy groups -OCH3 is 1. The van der Waals surface area contributed by atoms with Crippen molar-refractivity contribution >= 4 is 5.78 Å². The van der Waals surface area contributed by atoms with Gasteiger partial charge in [0.2, 0.25) is 0 Å². The van der Waals surface area contributed by atoms with Crippen molar-refractivity contribution in [2.24, 2.45) is 0 Å². The van der Waals surface area contributed by atoms with Crippen LogP contribution in [0.1, 0.15) is 27.0 Å². The van der Waals surface area contributed by atoms with Gasteiger partial charge in [0.05, 0.1) is 12.7 Å². The van der Waals surface area contributed by atoms with Crippen LogP contribution >= 0.6 is 0 Å². The molecule has 0 amide bonds. The minimum atomic E-state index is -0.342. The lowest BCUT2D eigenvalue weighted by Gasteiger charge is -2.10. The highest BCUT2D eigenvalue weighted by molar-refractivity contribution is 6.11. The normalized spacial score (nSPS) is 10.3. The first-order valence-corrected chi connectivity index (χ1v) is 5.98. The first kappa shape index (κ1) is 13.3. The lowest BCUT2D eigenvalue weighted by Crippen LogP contribution is -2.06. The zero-order valence-electron chi connectivity index (χ0n) is 11.2. The molecule has 0 aromatic heterocycles. The number of hydrogen-bond acceptors (Lipinski definition) is 2. The van der Waals surface area contributed by atoms with Crippen LogP contribution in [0.15, 0.2) is 36.4 Å². The summed E-state index contributed by atoms with van der Waals surface area (Å²) in [6, 6.07) is 9.59. The first-order valence-electron chi connectivity index (χ1n) is 5.98. The van der Waals surface area contributed by atoms with Gasteiger partial charge in [-0.1, -0.05) is 11.6 Å². The molecule has 0 fully saturated rings. The zero-order chi connectivity index (χ0) is 14.0. The number of ketones is 1. The molecular formula is C16H15FO2. The van der Waals surface area contributed by atoms with Crippen molar-refractivity contribution in [3.8, 4) is 5.75 Å². The van der Waals surface area contributed by atoms with Gasteiger partial charge in [-0.15, -0.1) is 0 Å². The van der Waals surface area contributed by atoms with Crippen LogP contribution in [-0.4, -0.2) is 12.9 Å². The Hall–Kier alpha value is -2.16. The molecule has 0 radical (unpaired) electrons. The second-order valence-corrected chi connectivity index (χ2v) is 4.49. The molecule has 0 spiro atoms. The Morgan fingerprint density at radius 1 is 1.05 bits per heavy atom. The molecule has 98 valence electrons. The fourth-order valence-corrected chi connectivity index (χ4v) is 2.03. The lowest BCUT2D eigenvalue weighted by atomic mass is 9.97. The predicted octanol–water partition coefficient (Wildman–Crippen LogP) is 3.68. The van der Waals surface area contributed by atoms with Crippen LogP contribution in [0.25, 0.3) is 0 Å². The fourth-order valence-electron chi connectivity index (χ4n) is 2.03. The average molecular weight is 258 g/mol. The Morgan fingerprint density at radius 3 is 2.42 bits per heavy atom. The molecule has 0 heterocycles. The quantitative estimate of drug-likeness (QED) is 0.785. The second kappa shape index (κ2) is 5.22. The van der Waals surface area contributed by atoms with Crippen molar-refractivity contribution in [3.63, 3.8) is 0 Å². The highest BCUT2D eigenvalue weighted by Crippen LogP contribution is 2.24. The Kier molecular flexibility index (Phi) is 3.65. The van der Waals surface area contributed by atoms with E-state index in [0.717, 1.165) is 5.56 Å². The van der Waals surface area contributed by atoms with Crippen molar-refractivity contribution in [1.82, 2.24) is 0 Å². The highest BCUT2D eigenvalue weighted by Gasteiger charge is 2.16. The van der Waals surface area contributed by atoms with E-state index in [1.165, 1.54) is 25.3 Å². The number of carbonyl (C=O) groups excluding carboxylic acids is 1. The van der Waals surface area contributed by atoms with Gasteiger partial charge in [-0.2, -0.15) is 0 Å². The van der Waals surface area contributed by atoms with Crippen molar-refractivity contribution in [1.29, 1.82) is 0 Å². The van der Waals surface area contributed by atoms with Crippen molar-refractivity contribution in [2.45, 2.75) is 13.8 Å². The molecule has 2 aromatic rings. The lowest BCUT2D eigenvalue weighted by molar-refractivity contribution is 0.103. The largest absolute Gasteiger partial charge is 0.496 e. The summed E-state index contributed by atoms with van der Waals surface area (Å²) in [5.74, 6) is 0.0302. The van der Waals surface area contributed by atoms with Crippen molar-refractivity contribution in [2.75, 3.05) is 7.11 Å². The molecule has 0 saturated heterocycles. The standard InChI is InChI=1S/C16H15FO2/c1-10-4-7-15(19-3)14(8-10)16(18)13-6-5-12(17)9-11(13)2/h4-9H,1-3H3. The highest BCUT2D eigenvalue weighted by atomic mass is 19.1. The van der Waals surface area contributed by atoms with Crippen molar-refractivity contribution < 1.29 is 13.9 Å². The zero-order valence-corrected chi connectivity index (χ0v) is 11.2. The van der Waals surface area contributed by atoms with E-state index in [1.54, 1.807) is 19.1 Å². The fraction of sp³-hybridized carbons (Fsp3) is 0.188. The molecular weight excluding hydrogens is 243 g/mol. The summed E-state index contributed by atoms with van der Waals surface area (Å²) in [5, 5.41) is 0. The third-order valence-electron chi connectivity index (χ3n) is 3.03. The Labute approximate surface area is 111 Å². The summed E-state index contributed by atoms with van der Waals surface area (Å²) < 4.78 is 18.3. The maximum Gasteiger partial charge on any atom is 0.197 e. The van der Waals surface area contributed by atoms with Crippen LogP contribution in [0.5, 0.6) is 5.75 Å². The van der Waals surface area contributed by atoms with Crippen LogP contribution in [-0.2, 0) is 0 Å². The van der Waals surface area contributed by atoms with Gasteiger partial charge in [0.25, 0.3) is 0 Å². The molecule has 19 heavy (non-hydrogen) atoms. The third-order valence-corrected chi connectivity index (χ3v) is 3.03. The number of rotatable bonds is 3. The van der Waals surface area contributed by atoms with E-state index < -0.39 is 0 Å². The second-order valence-electron chi connectivity index (χ2n) is 4.49. The van der Waals surface area contributed by atoms with E-state index in [2.05, 4.69) is 0 Å². The molecule has 2 aromatic carbocycles. The summed E-state index contributed by atoms with van der Waals surface area (Å²) in [5.41, 5.74) is 2.58. The van der Waals surface area contributed by atoms with Gasteiger partial charge in [-0.05, 0) is 49.7 Å². The summed E-state index contributed by atoms with van der Waals surface area (Å²) >= 11 is 0. The number of ether oxygens (including phenoxy) is 1. The number of halogens is 1. The van der Waals surface area contributed by atoms with Gasteiger partial charge in [0, 0.05) is 5.56 Å². The number of aryl methyl sites for hydroxylation is 2. The summed E-state index contributed by atoms with van der Waals surface area (Å²) in [7, 11) is 1.53. The maximum absolute atomic E-state index is 13.1. The van der Waals surface area contributed by atoms with Crippen LogP contribution in [0.2, 0.25) is 0 Å². The Bertz CT molecular complexity index is 633. The number of hydrogen-bond donors (Lipinski definition) is 0. The average Bonchev–Trinajstić information content (AvgIpc) is 2.38. The van der Waals surface area contributed by atoms with E-state index in [-0.39, 0.29) is 11.6 Å². The maximum atomic E-state index is 13.1. The van der Waals surface area contributed by atoms with Crippen LogP contribution in [0.3, 0.4) is 0 Å².